The fraction of sp³-hybridized carbons (Fsp3) is 0.421. The third kappa shape index (κ3) is 2.94. The van der Waals surface area contributed by atoms with Crippen molar-refractivity contribution in [2.45, 2.75) is 32.1 Å². The Bertz CT molecular complexity index is 680. The molecule has 1 fully saturated rings. The average molecular weight is 297 g/mol. The van der Waals surface area contributed by atoms with Crippen LogP contribution in [-0.2, 0) is 4.79 Å². The molecule has 1 N–H and O–H groups in total. The summed E-state index contributed by atoms with van der Waals surface area (Å²) in [7, 11) is 1.73. The summed E-state index contributed by atoms with van der Waals surface area (Å²) in [4.78, 5) is 11.6. The number of amides is 1. The van der Waals surface area contributed by atoms with Crippen LogP contribution >= 0.6 is 0 Å². The summed E-state index contributed by atoms with van der Waals surface area (Å²) >= 11 is 0. The summed E-state index contributed by atoms with van der Waals surface area (Å²) in [5, 5.41) is 5.57. The molecule has 3 rings (SSSR count). The van der Waals surface area contributed by atoms with Crippen LogP contribution in [-0.4, -0.2) is 19.6 Å². The maximum atomic E-state index is 11.6. The van der Waals surface area contributed by atoms with Crippen molar-refractivity contribution in [2.75, 3.05) is 13.7 Å². The van der Waals surface area contributed by atoms with E-state index in [-0.39, 0.29) is 5.91 Å². The number of rotatable bonds is 6. The van der Waals surface area contributed by atoms with Crippen molar-refractivity contribution in [3.63, 3.8) is 0 Å². The lowest BCUT2D eigenvalue weighted by molar-refractivity contribution is -0.121. The zero-order chi connectivity index (χ0) is 15.5. The minimum Gasteiger partial charge on any atom is -0.496 e. The number of methoxy groups -OCH3 is 1. The maximum Gasteiger partial charge on any atom is 0.219 e. The number of ether oxygens (including phenoxy) is 1. The Balaban J connectivity index is 1.78. The second kappa shape index (κ2) is 6.39. The minimum atomic E-state index is 0.165. The largest absolute Gasteiger partial charge is 0.496 e. The van der Waals surface area contributed by atoms with Crippen molar-refractivity contribution in [3.8, 4) is 5.75 Å². The van der Waals surface area contributed by atoms with E-state index < -0.39 is 0 Å². The predicted molar refractivity (Wildman–Crippen MR) is 89.3 cm³/mol. The van der Waals surface area contributed by atoms with E-state index >= 15 is 0 Å². The van der Waals surface area contributed by atoms with Gasteiger partial charge in [-0.1, -0.05) is 37.3 Å². The number of carbonyl (C=O) groups is 1. The van der Waals surface area contributed by atoms with Gasteiger partial charge in [-0.25, -0.2) is 0 Å². The Morgan fingerprint density at radius 3 is 2.86 bits per heavy atom. The summed E-state index contributed by atoms with van der Waals surface area (Å²) < 4.78 is 5.58. The first kappa shape index (κ1) is 14.9. The molecule has 0 unspecified atom stereocenters. The lowest BCUT2D eigenvalue weighted by atomic mass is 9.99. The van der Waals surface area contributed by atoms with Crippen LogP contribution in [0.1, 0.15) is 37.7 Å². The van der Waals surface area contributed by atoms with Crippen LogP contribution in [0.4, 0.5) is 0 Å². The molecule has 3 nitrogen and oxygen atoms in total. The Hall–Kier alpha value is -2.03. The fourth-order valence-electron chi connectivity index (χ4n) is 3.22. The normalized spacial score (nSPS) is 19.9. The molecule has 0 radical (unpaired) electrons. The highest BCUT2D eigenvalue weighted by molar-refractivity contribution is 5.88. The first-order valence-electron chi connectivity index (χ1n) is 8.07. The Kier molecular flexibility index (Phi) is 4.32. The third-order valence-electron chi connectivity index (χ3n) is 4.48. The molecule has 0 bridgehead atoms. The molecule has 1 aliphatic rings. The van der Waals surface area contributed by atoms with E-state index in [1.165, 1.54) is 16.3 Å². The van der Waals surface area contributed by atoms with Crippen LogP contribution in [0.3, 0.4) is 0 Å². The molecule has 0 aliphatic heterocycles. The summed E-state index contributed by atoms with van der Waals surface area (Å²) in [5.41, 5.74) is 1.30. The highest BCUT2D eigenvalue weighted by Crippen LogP contribution is 2.52. The zero-order valence-corrected chi connectivity index (χ0v) is 13.3. The van der Waals surface area contributed by atoms with Gasteiger partial charge in [-0.3, -0.25) is 4.79 Å². The Labute approximate surface area is 131 Å². The standard InChI is InChI=1S/C19H23NO2/c1-3-6-18(21)20-12-14-11-16(14)19-15-8-5-4-7-13(15)9-10-17(19)22-2/h4-5,7-10,14,16H,3,6,11-12H2,1-2H3,(H,20,21)/t14-,16+/m0/s1. The number of fused-ring (bicyclic) bond motifs is 1. The Morgan fingerprint density at radius 2 is 2.09 bits per heavy atom. The lowest BCUT2D eigenvalue weighted by Crippen LogP contribution is -2.25. The maximum absolute atomic E-state index is 11.6. The molecule has 0 spiro atoms. The Morgan fingerprint density at radius 1 is 1.27 bits per heavy atom. The average Bonchev–Trinajstić information content (AvgIpc) is 3.31. The summed E-state index contributed by atoms with van der Waals surface area (Å²) in [6, 6.07) is 12.6. The molecular formula is C19H23NO2. The molecule has 116 valence electrons. The molecule has 0 saturated heterocycles. The van der Waals surface area contributed by atoms with Crippen molar-refractivity contribution >= 4 is 16.7 Å². The van der Waals surface area contributed by atoms with Gasteiger partial charge in [-0.2, -0.15) is 0 Å². The van der Waals surface area contributed by atoms with E-state index in [0.29, 0.717) is 18.3 Å². The SMILES string of the molecule is CCCC(=O)NC[C@@H]1C[C@H]1c1c(OC)ccc2ccccc12. The molecule has 2 aromatic rings. The zero-order valence-electron chi connectivity index (χ0n) is 13.3. The van der Waals surface area contributed by atoms with Gasteiger partial charge in [-0.15, -0.1) is 0 Å². The van der Waals surface area contributed by atoms with E-state index in [2.05, 4.69) is 41.7 Å². The van der Waals surface area contributed by atoms with Gasteiger partial charge in [-0.05, 0) is 41.5 Å². The van der Waals surface area contributed by atoms with Crippen LogP contribution in [0.2, 0.25) is 0 Å². The smallest absolute Gasteiger partial charge is 0.219 e. The number of hydrogen-bond donors (Lipinski definition) is 1. The summed E-state index contributed by atoms with van der Waals surface area (Å²) in [6.07, 6.45) is 2.64. The van der Waals surface area contributed by atoms with Crippen LogP contribution < -0.4 is 10.1 Å². The summed E-state index contributed by atoms with van der Waals surface area (Å²) in [5.74, 6) is 2.15. The second-order valence-electron chi connectivity index (χ2n) is 6.06. The predicted octanol–water partition coefficient (Wildman–Crippen LogP) is 3.87. The van der Waals surface area contributed by atoms with Crippen molar-refractivity contribution in [1.82, 2.24) is 5.32 Å². The van der Waals surface area contributed by atoms with Crippen molar-refractivity contribution in [3.05, 3.63) is 42.0 Å². The highest BCUT2D eigenvalue weighted by Gasteiger charge is 2.40. The monoisotopic (exact) mass is 297 g/mol. The molecule has 1 saturated carbocycles. The van der Waals surface area contributed by atoms with Gasteiger partial charge in [0.25, 0.3) is 0 Å². The van der Waals surface area contributed by atoms with Crippen molar-refractivity contribution < 1.29 is 9.53 Å². The van der Waals surface area contributed by atoms with Crippen LogP contribution in [0, 0.1) is 5.92 Å². The molecule has 1 amide bonds. The molecular weight excluding hydrogens is 274 g/mol. The molecule has 22 heavy (non-hydrogen) atoms. The van der Waals surface area contributed by atoms with Gasteiger partial charge in [0.05, 0.1) is 7.11 Å². The van der Waals surface area contributed by atoms with E-state index in [4.69, 9.17) is 4.74 Å². The first-order chi connectivity index (χ1) is 10.7. The number of benzene rings is 2. The molecule has 2 aromatic carbocycles. The van der Waals surface area contributed by atoms with Gasteiger partial charge in [0.2, 0.25) is 5.91 Å². The van der Waals surface area contributed by atoms with E-state index in [0.717, 1.165) is 25.1 Å². The number of hydrogen-bond acceptors (Lipinski definition) is 2. The van der Waals surface area contributed by atoms with E-state index in [9.17, 15) is 4.79 Å². The number of carbonyl (C=O) groups excluding carboxylic acids is 1. The first-order valence-corrected chi connectivity index (χ1v) is 8.07. The second-order valence-corrected chi connectivity index (χ2v) is 6.06. The van der Waals surface area contributed by atoms with Crippen molar-refractivity contribution in [1.29, 1.82) is 0 Å². The molecule has 1 aliphatic carbocycles. The van der Waals surface area contributed by atoms with Gasteiger partial charge >= 0.3 is 0 Å². The van der Waals surface area contributed by atoms with Gasteiger partial charge in [0.1, 0.15) is 5.75 Å². The van der Waals surface area contributed by atoms with E-state index in [1.807, 2.05) is 6.92 Å². The summed E-state index contributed by atoms with van der Waals surface area (Å²) in [6.45, 7) is 2.80. The lowest BCUT2D eigenvalue weighted by Gasteiger charge is -2.12. The molecule has 0 heterocycles. The van der Waals surface area contributed by atoms with E-state index in [1.54, 1.807) is 7.11 Å². The van der Waals surface area contributed by atoms with Gasteiger partial charge < -0.3 is 10.1 Å². The topological polar surface area (TPSA) is 38.3 Å². The number of nitrogens with one attached hydrogen (secondary N) is 1. The van der Waals surface area contributed by atoms with Gasteiger partial charge in [0, 0.05) is 18.5 Å². The molecule has 3 heteroatoms. The van der Waals surface area contributed by atoms with Crippen LogP contribution in [0.15, 0.2) is 36.4 Å². The third-order valence-corrected chi connectivity index (χ3v) is 4.48. The highest BCUT2D eigenvalue weighted by atomic mass is 16.5. The van der Waals surface area contributed by atoms with Gasteiger partial charge in [0.15, 0.2) is 0 Å². The molecule has 2 atom stereocenters. The van der Waals surface area contributed by atoms with Crippen molar-refractivity contribution in [2.24, 2.45) is 5.92 Å². The molecule has 0 aromatic heterocycles. The van der Waals surface area contributed by atoms with Crippen LogP contribution in [0.25, 0.3) is 10.8 Å². The van der Waals surface area contributed by atoms with Crippen LogP contribution in [0.5, 0.6) is 5.75 Å². The minimum absolute atomic E-state index is 0.165. The fourth-order valence-corrected chi connectivity index (χ4v) is 3.22. The quantitative estimate of drug-likeness (QED) is 0.879.